The number of aliphatic imine (C=N–C) groups is 1. The van der Waals surface area contributed by atoms with Crippen LogP contribution in [0.2, 0.25) is 0 Å². The van der Waals surface area contributed by atoms with Gasteiger partial charge < -0.3 is 137 Å². The zero-order valence-electron chi connectivity index (χ0n) is 68.7. The van der Waals surface area contributed by atoms with E-state index in [0.717, 1.165) is 27.7 Å². The van der Waals surface area contributed by atoms with Crippen LogP contribution in [0.15, 0.2) is 72.1 Å². The summed E-state index contributed by atoms with van der Waals surface area (Å²) in [5.41, 5.74) is 18.7. The molecule has 0 spiro atoms. The topological polar surface area (TPSA) is 722 Å². The van der Waals surface area contributed by atoms with E-state index in [1.54, 1.807) is 84.0 Å². The molecule has 14 amide bonds. The van der Waals surface area contributed by atoms with Gasteiger partial charge in [-0.3, -0.25) is 76.9 Å². The van der Waals surface area contributed by atoms with E-state index in [-0.39, 0.29) is 74.8 Å². The summed E-state index contributed by atoms with van der Waals surface area (Å²) in [6.45, 7) is 13.2. The molecule has 0 saturated carbocycles. The van der Waals surface area contributed by atoms with E-state index in [1.165, 1.54) is 31.6 Å². The summed E-state index contributed by atoms with van der Waals surface area (Å²) in [7, 11) is 0. The molecule has 0 fully saturated rings. The number of rotatable bonds is 52. The quantitative estimate of drug-likeness (QED) is 0.0142. The fourth-order valence-electron chi connectivity index (χ4n) is 11.7. The number of benzene rings is 2. The maximum atomic E-state index is 14.3. The van der Waals surface area contributed by atoms with Gasteiger partial charge in [0, 0.05) is 31.3 Å². The molecule has 0 aliphatic heterocycles. The van der Waals surface area contributed by atoms with Gasteiger partial charge in [0.05, 0.1) is 50.3 Å². The van der Waals surface area contributed by atoms with E-state index in [1.807, 2.05) is 5.32 Å². The van der Waals surface area contributed by atoms with Crippen LogP contribution in [-0.4, -0.2) is 280 Å². The molecule has 0 aliphatic carbocycles. The first kappa shape index (κ1) is 102. The highest BCUT2D eigenvalue weighted by Gasteiger charge is 2.40. The molecule has 3 aromatic rings. The number of aliphatic hydroxyl groups is 5. The maximum absolute atomic E-state index is 14.3. The largest absolute Gasteiger partial charge is 0.508 e. The molecule has 666 valence electrons. The van der Waals surface area contributed by atoms with Crippen molar-refractivity contribution in [2.75, 3.05) is 19.8 Å². The number of phenolic OH excluding ortho intramolecular Hbond substituents is 1. The average Bonchev–Trinajstić information content (AvgIpc) is 0.855. The minimum absolute atomic E-state index is 0.00290. The summed E-state index contributed by atoms with van der Waals surface area (Å²) in [5, 5.41) is 114. The maximum Gasteiger partial charge on any atom is 0.328 e. The molecule has 1 aromatic heterocycles. The number of aromatic hydroxyl groups is 1. The Hall–Kier alpha value is -12.0. The van der Waals surface area contributed by atoms with Crippen LogP contribution < -0.4 is 91.6 Å². The first-order valence-electron chi connectivity index (χ1n) is 38.9. The number of nitrogens with two attached hydrogens (primary N) is 3. The van der Waals surface area contributed by atoms with Crippen LogP contribution in [0.1, 0.15) is 132 Å². The molecule has 0 saturated heterocycles. The lowest BCUT2D eigenvalue weighted by Gasteiger charge is -2.29. The molecule has 0 bridgehead atoms. The molecule has 44 nitrogen and oxygen atoms in total. The number of aromatic amines is 1. The van der Waals surface area contributed by atoms with E-state index in [0.29, 0.717) is 17.5 Å². The number of carbonyl (C=O) groups excluding carboxylic acids is 14. The molecule has 29 N–H and O–H groups in total. The number of carboxylic acid groups (broad SMARTS) is 2. The van der Waals surface area contributed by atoms with Gasteiger partial charge in [-0.05, 0) is 108 Å². The zero-order chi connectivity index (χ0) is 90.5. The predicted octanol–water partition coefficient (Wildman–Crippen LogP) is -7.82. The van der Waals surface area contributed by atoms with Crippen molar-refractivity contribution >= 4 is 101 Å². The Morgan fingerprint density at radius 3 is 1.27 bits per heavy atom. The number of guanidine groups is 1. The molecule has 120 heavy (non-hydrogen) atoms. The van der Waals surface area contributed by atoms with Crippen molar-refractivity contribution in [2.24, 2.45) is 39.9 Å². The third-order valence-corrected chi connectivity index (χ3v) is 18.6. The van der Waals surface area contributed by atoms with Gasteiger partial charge in [0.25, 0.3) is 0 Å². The molecular weight excluding hydrogens is 1580 g/mol. The van der Waals surface area contributed by atoms with Crippen LogP contribution in [0.25, 0.3) is 0 Å². The van der Waals surface area contributed by atoms with E-state index in [9.17, 15) is 118 Å². The average molecular weight is 1700 g/mol. The SMILES string of the molecule is CC[C@H](C)[C@H](NC(=O)[C@@H](N)Cc1ccc(O)cc1)C(=O)N[C@@H](Cc1ccccc1)C(=O)N[C@@H](CO)C(=O)N[C@@H](C)C(=O)N[C@@H](CCCN=C(N)N)C(=O)N[C@@H](CO)C(=O)N[C@@H](CC(=O)O)C(=O)N[C@@H](CC(C)C)C(=O)N[C@@H](C)C(=O)N[C@@H](Cc1cnc[nH]1)C(=O)N[C@@H](CC(C)C)C(=O)N[C@H](C(=O)N[C@H](C(=O)N[C@H](C(=O)O)[C@@H](C)O)[C@@H](C)O)[C@@H](C)O. The zero-order valence-corrected chi connectivity index (χ0v) is 68.7. The van der Waals surface area contributed by atoms with Crippen LogP contribution in [-0.2, 0) is 96.0 Å². The van der Waals surface area contributed by atoms with Crippen LogP contribution in [0.5, 0.6) is 5.75 Å². The second kappa shape index (κ2) is 50.7. The summed E-state index contributed by atoms with van der Waals surface area (Å²) >= 11 is 0. The lowest BCUT2D eigenvalue weighted by molar-refractivity contribution is -0.146. The summed E-state index contributed by atoms with van der Waals surface area (Å²) < 4.78 is 0. The third kappa shape index (κ3) is 35.3. The van der Waals surface area contributed by atoms with Crippen molar-refractivity contribution in [3.63, 3.8) is 0 Å². The van der Waals surface area contributed by atoms with Gasteiger partial charge in [0.1, 0.15) is 84.3 Å². The fourth-order valence-corrected chi connectivity index (χ4v) is 11.7. The van der Waals surface area contributed by atoms with Crippen molar-refractivity contribution in [3.05, 3.63) is 83.9 Å². The molecule has 2 aromatic carbocycles. The minimum Gasteiger partial charge on any atom is -0.508 e. The number of carbonyl (C=O) groups is 16. The summed E-state index contributed by atoms with van der Waals surface area (Å²) in [4.78, 5) is 230. The van der Waals surface area contributed by atoms with E-state index in [4.69, 9.17) is 17.2 Å². The number of imidazole rings is 1. The van der Waals surface area contributed by atoms with E-state index >= 15 is 0 Å². The number of aliphatic carboxylic acids is 2. The number of hydrogen-bond donors (Lipinski definition) is 26. The van der Waals surface area contributed by atoms with Crippen molar-refractivity contribution in [2.45, 2.75) is 243 Å². The van der Waals surface area contributed by atoms with Gasteiger partial charge in [-0.15, -0.1) is 0 Å². The summed E-state index contributed by atoms with van der Waals surface area (Å²) in [6.07, 6.45) is -4.48. The second-order valence-corrected chi connectivity index (χ2v) is 30.0. The number of aliphatic hydroxyl groups excluding tert-OH is 5. The number of carboxylic acids is 2. The van der Waals surface area contributed by atoms with Crippen molar-refractivity contribution < 1.29 is 118 Å². The Kier molecular flexibility index (Phi) is 43.2. The number of nitrogens with zero attached hydrogens (tertiary/aromatic N) is 2. The smallest absolute Gasteiger partial charge is 0.328 e. The number of aromatic nitrogens is 2. The van der Waals surface area contributed by atoms with Gasteiger partial charge in [-0.25, -0.2) is 9.78 Å². The molecule has 1 heterocycles. The molecule has 44 heteroatoms. The summed E-state index contributed by atoms with van der Waals surface area (Å²) in [6, 6.07) is -10.6. The summed E-state index contributed by atoms with van der Waals surface area (Å²) in [5.74, 6) is -20.3. The van der Waals surface area contributed by atoms with Crippen LogP contribution in [0.4, 0.5) is 0 Å². The normalized spacial score (nSPS) is 16.0. The number of amides is 14. The number of phenols is 1. The van der Waals surface area contributed by atoms with Crippen LogP contribution in [0, 0.1) is 17.8 Å². The first-order chi connectivity index (χ1) is 56.3. The third-order valence-electron chi connectivity index (χ3n) is 18.6. The molecule has 19 atom stereocenters. The van der Waals surface area contributed by atoms with E-state index < -0.39 is 235 Å². The van der Waals surface area contributed by atoms with Crippen LogP contribution in [0.3, 0.4) is 0 Å². The van der Waals surface area contributed by atoms with Crippen molar-refractivity contribution in [1.29, 1.82) is 0 Å². The van der Waals surface area contributed by atoms with Crippen LogP contribution >= 0.6 is 0 Å². The standard InChI is InChI=1S/C76H118N20O24/c1-12-37(6)57(93-63(107)47(77)27-44-20-22-46(102)23-21-44)72(116)90-51(28-43-17-14-13-15-18-43)66(110)92-54(32-97)70(114)84-38(7)61(105)85-48(19-16-24-81-76(78)79)64(108)91-55(33-98)71(115)89-53(30-56(103)104)68(112)87-49(25-35(2)3)65(109)83-39(8)62(106)86-52(29-45-31-80-34-82-45)67(111)88-50(26-36(4)5)69(113)94-58(40(9)99)73(117)95-59(41(10)100)74(118)96-60(42(11)101)75(119)120/h13-15,17-18,20-23,31,34-42,47-55,57-60,97-102H,12,16,19,24-30,32-33,77H2,1-11H3,(H,80,82)(H,83,109)(H,84,114)(H,85,105)(H,86,106)(H,87,112)(H,88,111)(H,89,115)(H,90,116)(H,91,108)(H,92,110)(H,93,107)(H,94,113)(H,95,117)(H,96,118)(H,103,104)(H,119,120)(H4,78,79,81)/t37-,38-,39-,40+,41+,42+,47-,48-,49-,50-,51-,52-,53-,54-,55-,57-,58-,59-,60-/m0/s1. The van der Waals surface area contributed by atoms with Gasteiger partial charge in [0.2, 0.25) is 82.7 Å². The number of nitrogens with one attached hydrogen (secondary N) is 15. The van der Waals surface area contributed by atoms with Gasteiger partial charge >= 0.3 is 11.9 Å². The molecule has 3 rings (SSSR count). The Morgan fingerprint density at radius 2 is 0.817 bits per heavy atom. The fraction of sp³-hybridized carbons (Fsp3) is 0.579. The molecule has 0 radical (unpaired) electrons. The highest BCUT2D eigenvalue weighted by molar-refractivity contribution is 6.01. The molecular formula is C76H118N20O24. The first-order valence-corrected chi connectivity index (χ1v) is 38.9. The Bertz CT molecular complexity index is 3960. The monoisotopic (exact) mass is 1690 g/mol. The molecule has 0 unspecified atom stereocenters. The number of hydrogen-bond acceptors (Lipinski definition) is 25. The highest BCUT2D eigenvalue weighted by Crippen LogP contribution is 2.17. The lowest BCUT2D eigenvalue weighted by Crippen LogP contribution is -2.63. The van der Waals surface area contributed by atoms with Gasteiger partial charge in [-0.2, -0.15) is 0 Å². The van der Waals surface area contributed by atoms with Crippen molar-refractivity contribution in [3.8, 4) is 5.75 Å². The Labute approximate surface area is 692 Å². The van der Waals surface area contributed by atoms with Crippen molar-refractivity contribution in [1.82, 2.24) is 84.4 Å². The van der Waals surface area contributed by atoms with Gasteiger partial charge in [0.15, 0.2) is 12.0 Å². The minimum atomic E-state index is -2.07. The Morgan fingerprint density at radius 1 is 0.433 bits per heavy atom. The molecule has 0 aliphatic rings. The highest BCUT2D eigenvalue weighted by atomic mass is 16.4. The van der Waals surface area contributed by atoms with Gasteiger partial charge in [-0.1, -0.05) is 90.4 Å². The van der Waals surface area contributed by atoms with E-state index in [2.05, 4.69) is 84.1 Å². The lowest BCUT2D eigenvalue weighted by atomic mass is 9.96. The Balaban J connectivity index is 1.82. The second-order valence-electron chi connectivity index (χ2n) is 30.0. The predicted molar refractivity (Wildman–Crippen MR) is 428 cm³/mol. The number of H-pyrrole nitrogens is 1.